The summed E-state index contributed by atoms with van der Waals surface area (Å²) in [5.74, 6) is -0.770. The standard InChI is InChI=1S/C12H12FNO/c1-8(2)6-11(15)10-5-3-4-9(7-14)12(10)13/h3-5,8H,6H2,1-2H3. The van der Waals surface area contributed by atoms with E-state index < -0.39 is 5.82 Å². The minimum atomic E-state index is -0.703. The first-order chi connectivity index (χ1) is 7.06. The molecule has 1 rings (SSSR count). The monoisotopic (exact) mass is 205 g/mol. The number of carbonyl (C=O) groups is 1. The number of nitrogens with zero attached hydrogens (tertiary/aromatic N) is 1. The van der Waals surface area contributed by atoms with Gasteiger partial charge in [0.25, 0.3) is 0 Å². The molecule has 2 nitrogen and oxygen atoms in total. The van der Waals surface area contributed by atoms with Gasteiger partial charge in [-0.2, -0.15) is 5.26 Å². The van der Waals surface area contributed by atoms with E-state index in [1.807, 2.05) is 13.8 Å². The molecule has 0 fully saturated rings. The van der Waals surface area contributed by atoms with E-state index in [1.165, 1.54) is 18.2 Å². The smallest absolute Gasteiger partial charge is 0.166 e. The molecule has 15 heavy (non-hydrogen) atoms. The number of benzene rings is 1. The van der Waals surface area contributed by atoms with Crippen LogP contribution in [0.2, 0.25) is 0 Å². The van der Waals surface area contributed by atoms with E-state index >= 15 is 0 Å². The molecule has 0 heterocycles. The van der Waals surface area contributed by atoms with Crippen LogP contribution in [0.1, 0.15) is 36.2 Å². The van der Waals surface area contributed by atoms with Crippen LogP contribution in [0.15, 0.2) is 18.2 Å². The number of hydrogen-bond donors (Lipinski definition) is 0. The van der Waals surface area contributed by atoms with Crippen molar-refractivity contribution in [2.45, 2.75) is 20.3 Å². The second-order valence-electron chi connectivity index (χ2n) is 3.80. The van der Waals surface area contributed by atoms with Crippen LogP contribution in [0.3, 0.4) is 0 Å². The second kappa shape index (κ2) is 4.70. The average molecular weight is 205 g/mol. The van der Waals surface area contributed by atoms with E-state index in [2.05, 4.69) is 0 Å². The molecule has 0 aliphatic heterocycles. The average Bonchev–Trinajstić information content (AvgIpc) is 2.17. The second-order valence-corrected chi connectivity index (χ2v) is 3.80. The van der Waals surface area contributed by atoms with Gasteiger partial charge in [0.05, 0.1) is 11.1 Å². The fourth-order valence-electron chi connectivity index (χ4n) is 1.31. The molecule has 0 aliphatic rings. The van der Waals surface area contributed by atoms with Gasteiger partial charge in [0.1, 0.15) is 6.07 Å². The first-order valence-electron chi connectivity index (χ1n) is 4.78. The highest BCUT2D eigenvalue weighted by molar-refractivity contribution is 5.96. The van der Waals surface area contributed by atoms with Crippen LogP contribution in [-0.2, 0) is 0 Å². The van der Waals surface area contributed by atoms with Gasteiger partial charge in [-0.15, -0.1) is 0 Å². The van der Waals surface area contributed by atoms with Crippen LogP contribution >= 0.6 is 0 Å². The zero-order valence-corrected chi connectivity index (χ0v) is 8.75. The zero-order chi connectivity index (χ0) is 11.4. The summed E-state index contributed by atoms with van der Waals surface area (Å²) in [6.45, 7) is 3.79. The van der Waals surface area contributed by atoms with Crippen molar-refractivity contribution in [3.05, 3.63) is 35.1 Å². The van der Waals surface area contributed by atoms with E-state index in [9.17, 15) is 9.18 Å². The predicted octanol–water partition coefficient (Wildman–Crippen LogP) is 2.93. The molecule has 0 spiro atoms. The molecule has 0 radical (unpaired) electrons. The number of nitriles is 1. The van der Waals surface area contributed by atoms with E-state index in [4.69, 9.17) is 5.26 Å². The molecule has 0 atom stereocenters. The summed E-state index contributed by atoms with van der Waals surface area (Å²) >= 11 is 0. The molecule has 0 saturated carbocycles. The highest BCUT2D eigenvalue weighted by atomic mass is 19.1. The lowest BCUT2D eigenvalue weighted by molar-refractivity contribution is 0.0964. The van der Waals surface area contributed by atoms with Gasteiger partial charge >= 0.3 is 0 Å². The Morgan fingerprint density at radius 2 is 2.20 bits per heavy atom. The van der Waals surface area contributed by atoms with E-state index in [0.717, 1.165) is 0 Å². The molecule has 1 aromatic carbocycles. The predicted molar refractivity (Wildman–Crippen MR) is 54.9 cm³/mol. The summed E-state index contributed by atoms with van der Waals surface area (Å²) in [6, 6.07) is 6.02. The van der Waals surface area contributed by atoms with Gasteiger partial charge in [-0.3, -0.25) is 4.79 Å². The minimum absolute atomic E-state index is 0.0164. The molecule has 0 amide bonds. The molecular formula is C12H12FNO. The Hall–Kier alpha value is -1.69. The summed E-state index contributed by atoms with van der Waals surface area (Å²) in [5, 5.41) is 8.61. The summed E-state index contributed by atoms with van der Waals surface area (Å²) in [7, 11) is 0. The number of rotatable bonds is 3. The molecule has 0 saturated heterocycles. The van der Waals surface area contributed by atoms with Gasteiger partial charge < -0.3 is 0 Å². The molecule has 0 aromatic heterocycles. The molecule has 0 bridgehead atoms. The van der Waals surface area contributed by atoms with Crippen molar-refractivity contribution in [3.8, 4) is 6.07 Å². The number of carbonyl (C=O) groups excluding carboxylic acids is 1. The topological polar surface area (TPSA) is 40.9 Å². The van der Waals surface area contributed by atoms with E-state index in [-0.39, 0.29) is 22.8 Å². The van der Waals surface area contributed by atoms with Crippen LogP contribution in [0.4, 0.5) is 4.39 Å². The Kier molecular flexibility index (Phi) is 3.56. The van der Waals surface area contributed by atoms with Crippen molar-refractivity contribution in [1.29, 1.82) is 5.26 Å². The lowest BCUT2D eigenvalue weighted by Gasteiger charge is -2.05. The quantitative estimate of drug-likeness (QED) is 0.712. The zero-order valence-electron chi connectivity index (χ0n) is 8.75. The maximum Gasteiger partial charge on any atom is 0.166 e. The molecule has 3 heteroatoms. The first-order valence-corrected chi connectivity index (χ1v) is 4.78. The van der Waals surface area contributed by atoms with Gasteiger partial charge in [-0.25, -0.2) is 4.39 Å². The van der Waals surface area contributed by atoms with Crippen molar-refractivity contribution >= 4 is 5.78 Å². The maximum atomic E-state index is 13.5. The van der Waals surface area contributed by atoms with Gasteiger partial charge in [0.15, 0.2) is 11.6 Å². The number of ketones is 1. The molecule has 0 unspecified atom stereocenters. The molecule has 0 aliphatic carbocycles. The fourth-order valence-corrected chi connectivity index (χ4v) is 1.31. The van der Waals surface area contributed by atoms with Crippen molar-refractivity contribution < 1.29 is 9.18 Å². The van der Waals surface area contributed by atoms with Gasteiger partial charge in [0, 0.05) is 6.42 Å². The van der Waals surface area contributed by atoms with Crippen LogP contribution in [0.5, 0.6) is 0 Å². The number of hydrogen-bond acceptors (Lipinski definition) is 2. The van der Waals surface area contributed by atoms with Crippen LogP contribution in [-0.4, -0.2) is 5.78 Å². The largest absolute Gasteiger partial charge is 0.294 e. The van der Waals surface area contributed by atoms with Crippen molar-refractivity contribution in [1.82, 2.24) is 0 Å². The Labute approximate surface area is 88.3 Å². The molecule has 78 valence electrons. The van der Waals surface area contributed by atoms with Gasteiger partial charge in [-0.1, -0.05) is 19.9 Å². The van der Waals surface area contributed by atoms with Crippen molar-refractivity contribution in [2.75, 3.05) is 0 Å². The Balaban J connectivity index is 3.06. The Morgan fingerprint density at radius 3 is 2.73 bits per heavy atom. The fraction of sp³-hybridized carbons (Fsp3) is 0.333. The van der Waals surface area contributed by atoms with Crippen LogP contribution in [0, 0.1) is 23.1 Å². The SMILES string of the molecule is CC(C)CC(=O)c1cccc(C#N)c1F. The first kappa shape index (κ1) is 11.4. The normalized spacial score (nSPS) is 10.1. The third-order valence-corrected chi connectivity index (χ3v) is 2.01. The minimum Gasteiger partial charge on any atom is -0.294 e. The molecule has 0 N–H and O–H groups in total. The third kappa shape index (κ3) is 2.63. The summed E-state index contributed by atoms with van der Waals surface area (Å²) in [5.41, 5.74) is -0.0626. The van der Waals surface area contributed by atoms with E-state index in [0.29, 0.717) is 6.42 Å². The van der Waals surface area contributed by atoms with Crippen LogP contribution < -0.4 is 0 Å². The van der Waals surface area contributed by atoms with Crippen molar-refractivity contribution in [2.24, 2.45) is 5.92 Å². The summed E-state index contributed by atoms with van der Waals surface area (Å²) in [4.78, 5) is 11.6. The van der Waals surface area contributed by atoms with Gasteiger partial charge in [0.2, 0.25) is 0 Å². The highest BCUT2D eigenvalue weighted by Gasteiger charge is 2.15. The van der Waals surface area contributed by atoms with Gasteiger partial charge in [-0.05, 0) is 18.1 Å². The summed E-state index contributed by atoms with van der Waals surface area (Å²) in [6.07, 6.45) is 0.297. The Morgan fingerprint density at radius 1 is 1.53 bits per heavy atom. The van der Waals surface area contributed by atoms with Crippen molar-refractivity contribution in [3.63, 3.8) is 0 Å². The lowest BCUT2D eigenvalue weighted by atomic mass is 9.99. The van der Waals surface area contributed by atoms with E-state index in [1.54, 1.807) is 6.07 Å². The maximum absolute atomic E-state index is 13.5. The molecule has 1 aromatic rings. The molecular weight excluding hydrogens is 193 g/mol. The number of halogens is 1. The third-order valence-electron chi connectivity index (χ3n) is 2.01. The lowest BCUT2D eigenvalue weighted by Crippen LogP contribution is -2.07. The highest BCUT2D eigenvalue weighted by Crippen LogP contribution is 2.16. The Bertz CT molecular complexity index is 418. The van der Waals surface area contributed by atoms with Crippen LogP contribution in [0.25, 0.3) is 0 Å². The number of Topliss-reactive ketones (excluding diaryl/α,β-unsaturated/α-hetero) is 1. The summed E-state index contributed by atoms with van der Waals surface area (Å²) < 4.78 is 13.5.